The van der Waals surface area contributed by atoms with Gasteiger partial charge in [-0.05, 0) is 48.0 Å². The summed E-state index contributed by atoms with van der Waals surface area (Å²) in [6, 6.07) is 18.2. The van der Waals surface area contributed by atoms with E-state index in [4.69, 9.17) is 21.1 Å². The third kappa shape index (κ3) is 5.67. The molecule has 1 N–H and O–H groups in total. The van der Waals surface area contributed by atoms with E-state index < -0.39 is 22.5 Å². The van der Waals surface area contributed by atoms with Crippen molar-refractivity contribution in [1.29, 1.82) is 0 Å². The highest BCUT2D eigenvalue weighted by Gasteiger charge is 2.28. The van der Waals surface area contributed by atoms with Crippen molar-refractivity contribution in [1.82, 2.24) is 4.31 Å². The van der Waals surface area contributed by atoms with Gasteiger partial charge in [-0.25, -0.2) is 8.42 Å². The Balaban J connectivity index is 1.58. The molecule has 0 atom stereocenters. The number of rotatable bonds is 7. The van der Waals surface area contributed by atoms with Gasteiger partial charge in [-0.2, -0.15) is 4.31 Å². The molecule has 1 aliphatic rings. The van der Waals surface area contributed by atoms with Crippen LogP contribution in [-0.4, -0.2) is 38.4 Å². The van der Waals surface area contributed by atoms with Crippen molar-refractivity contribution in [3.8, 4) is 11.5 Å². The van der Waals surface area contributed by atoms with Gasteiger partial charge in [0.15, 0.2) is 11.5 Å². The van der Waals surface area contributed by atoms with Crippen LogP contribution in [0.5, 0.6) is 11.5 Å². The number of carbonyl (C=O) groups is 1. The lowest BCUT2D eigenvalue weighted by molar-refractivity contribution is -0.116. The minimum Gasteiger partial charge on any atom is -0.486 e. The summed E-state index contributed by atoms with van der Waals surface area (Å²) in [5, 5.41) is 3.15. The number of halogens is 2. The van der Waals surface area contributed by atoms with Gasteiger partial charge in [0.2, 0.25) is 15.9 Å². The summed E-state index contributed by atoms with van der Waals surface area (Å²) in [7, 11) is -3.99. The van der Waals surface area contributed by atoms with Gasteiger partial charge in [0, 0.05) is 27.8 Å². The molecule has 10 heteroatoms. The molecule has 172 valence electrons. The third-order valence-electron chi connectivity index (χ3n) is 4.90. The molecule has 0 unspecified atom stereocenters. The smallest absolute Gasteiger partial charge is 0.243 e. The Hall–Kier alpha value is -2.59. The normalized spacial score (nSPS) is 13.1. The highest BCUT2D eigenvalue weighted by atomic mass is 79.9. The fourth-order valence-electron chi connectivity index (χ4n) is 3.28. The summed E-state index contributed by atoms with van der Waals surface area (Å²) in [5.74, 6) is 0.617. The van der Waals surface area contributed by atoms with Gasteiger partial charge in [-0.3, -0.25) is 4.79 Å². The average molecular weight is 552 g/mol. The topological polar surface area (TPSA) is 84.9 Å². The molecule has 0 saturated carbocycles. The number of nitrogens with one attached hydrogen (secondary N) is 1. The van der Waals surface area contributed by atoms with E-state index in [0.717, 1.165) is 8.78 Å². The summed E-state index contributed by atoms with van der Waals surface area (Å²) in [5.41, 5.74) is 1.06. The minimum atomic E-state index is -3.99. The fraction of sp³-hybridized carbons (Fsp3) is 0.174. The molecule has 7 nitrogen and oxygen atoms in total. The van der Waals surface area contributed by atoms with Crippen molar-refractivity contribution in [3.05, 3.63) is 81.8 Å². The highest BCUT2D eigenvalue weighted by Crippen LogP contribution is 2.32. The maximum absolute atomic E-state index is 13.4. The first-order chi connectivity index (χ1) is 15.8. The Morgan fingerprint density at radius 1 is 1.00 bits per heavy atom. The second kappa shape index (κ2) is 10.1. The van der Waals surface area contributed by atoms with Crippen LogP contribution in [0.3, 0.4) is 0 Å². The standard InChI is InChI=1S/C23H20BrClN2O5S/c24-17-5-8-19(9-6-17)33(29,30)27(14-16-3-1-2-4-20(16)25)15-23(28)26-18-7-10-21-22(13-18)32-12-11-31-21/h1-10,13H,11-12,14-15H2,(H,26,28). The quantitative estimate of drug-likeness (QED) is 0.460. The summed E-state index contributed by atoms with van der Waals surface area (Å²) < 4.78 is 39.7. The molecule has 0 aromatic heterocycles. The van der Waals surface area contributed by atoms with Crippen LogP contribution >= 0.6 is 27.5 Å². The number of nitrogens with zero attached hydrogens (tertiary/aromatic N) is 1. The van der Waals surface area contributed by atoms with Crippen LogP contribution in [0.25, 0.3) is 0 Å². The van der Waals surface area contributed by atoms with Gasteiger partial charge in [0.25, 0.3) is 0 Å². The molecule has 0 spiro atoms. The molecule has 1 heterocycles. The minimum absolute atomic E-state index is 0.0629. The Bertz CT molecular complexity index is 1270. The van der Waals surface area contributed by atoms with Crippen LogP contribution < -0.4 is 14.8 Å². The monoisotopic (exact) mass is 550 g/mol. The van der Waals surface area contributed by atoms with Gasteiger partial charge in [0.1, 0.15) is 13.2 Å². The SMILES string of the molecule is O=C(CN(Cc1ccccc1Cl)S(=O)(=O)c1ccc(Br)cc1)Nc1ccc2c(c1)OCCO2. The van der Waals surface area contributed by atoms with Crippen molar-refractivity contribution < 1.29 is 22.7 Å². The summed E-state index contributed by atoms with van der Waals surface area (Å²) >= 11 is 9.57. The largest absolute Gasteiger partial charge is 0.486 e. The zero-order valence-electron chi connectivity index (χ0n) is 17.3. The van der Waals surface area contributed by atoms with E-state index in [1.165, 1.54) is 12.1 Å². The fourth-order valence-corrected chi connectivity index (χ4v) is 5.11. The van der Waals surface area contributed by atoms with Crippen molar-refractivity contribution >= 4 is 49.1 Å². The van der Waals surface area contributed by atoms with Crippen molar-refractivity contribution in [2.24, 2.45) is 0 Å². The van der Waals surface area contributed by atoms with Crippen LogP contribution in [0.1, 0.15) is 5.56 Å². The second-order valence-corrected chi connectivity index (χ2v) is 10.5. The van der Waals surface area contributed by atoms with E-state index in [9.17, 15) is 13.2 Å². The number of sulfonamides is 1. The van der Waals surface area contributed by atoms with E-state index in [1.54, 1.807) is 54.6 Å². The first-order valence-corrected chi connectivity index (χ1v) is 12.6. The number of fused-ring (bicyclic) bond motifs is 1. The highest BCUT2D eigenvalue weighted by molar-refractivity contribution is 9.10. The van der Waals surface area contributed by atoms with Gasteiger partial charge >= 0.3 is 0 Å². The molecule has 1 aliphatic heterocycles. The lowest BCUT2D eigenvalue weighted by Crippen LogP contribution is -2.37. The molecule has 33 heavy (non-hydrogen) atoms. The Labute approximate surface area is 205 Å². The van der Waals surface area contributed by atoms with Gasteiger partial charge in [0.05, 0.1) is 11.4 Å². The number of amides is 1. The maximum atomic E-state index is 13.4. The van der Waals surface area contributed by atoms with Gasteiger partial charge < -0.3 is 14.8 Å². The van der Waals surface area contributed by atoms with Crippen molar-refractivity contribution in [2.45, 2.75) is 11.4 Å². The van der Waals surface area contributed by atoms with Gasteiger partial charge in [-0.1, -0.05) is 45.7 Å². The van der Waals surface area contributed by atoms with E-state index >= 15 is 0 Å². The summed E-state index contributed by atoms with van der Waals surface area (Å²) in [4.78, 5) is 12.9. The number of hydrogen-bond acceptors (Lipinski definition) is 5. The molecule has 0 bridgehead atoms. The predicted octanol–water partition coefficient (Wildman–Crippen LogP) is 4.70. The van der Waals surface area contributed by atoms with Crippen molar-refractivity contribution in [2.75, 3.05) is 25.1 Å². The number of hydrogen-bond donors (Lipinski definition) is 1. The van der Waals surface area contributed by atoms with E-state index in [0.29, 0.717) is 41.0 Å². The number of carbonyl (C=O) groups excluding carboxylic acids is 1. The van der Waals surface area contributed by atoms with Gasteiger partial charge in [-0.15, -0.1) is 0 Å². The molecule has 0 aliphatic carbocycles. The molecule has 3 aromatic rings. The first kappa shape index (κ1) is 23.6. The second-order valence-electron chi connectivity index (χ2n) is 7.23. The van der Waals surface area contributed by atoms with Crippen LogP contribution in [0.4, 0.5) is 5.69 Å². The molecule has 0 radical (unpaired) electrons. The molecule has 4 rings (SSSR count). The first-order valence-electron chi connectivity index (χ1n) is 10.0. The average Bonchev–Trinajstić information content (AvgIpc) is 2.80. The van der Waals surface area contributed by atoms with E-state index in [1.807, 2.05) is 0 Å². The zero-order chi connectivity index (χ0) is 23.4. The maximum Gasteiger partial charge on any atom is 0.243 e. The van der Waals surface area contributed by atoms with Crippen LogP contribution in [0.15, 0.2) is 76.1 Å². The Kier molecular flexibility index (Phi) is 7.23. The molecule has 1 amide bonds. The lowest BCUT2D eigenvalue weighted by Gasteiger charge is -2.23. The van der Waals surface area contributed by atoms with Crippen LogP contribution in [0.2, 0.25) is 5.02 Å². The molecule has 0 saturated heterocycles. The molecule has 0 fully saturated rings. The number of ether oxygens (including phenoxy) is 2. The zero-order valence-corrected chi connectivity index (χ0v) is 20.5. The number of anilines is 1. The summed E-state index contributed by atoms with van der Waals surface area (Å²) in [6.07, 6.45) is 0. The lowest BCUT2D eigenvalue weighted by atomic mass is 10.2. The van der Waals surface area contributed by atoms with Crippen LogP contribution in [0, 0.1) is 0 Å². The van der Waals surface area contributed by atoms with E-state index in [2.05, 4.69) is 21.2 Å². The molecular formula is C23H20BrClN2O5S. The van der Waals surface area contributed by atoms with Crippen molar-refractivity contribution in [3.63, 3.8) is 0 Å². The summed E-state index contributed by atoms with van der Waals surface area (Å²) in [6.45, 7) is 0.412. The third-order valence-corrected chi connectivity index (χ3v) is 7.61. The Morgan fingerprint density at radius 2 is 1.70 bits per heavy atom. The molecular weight excluding hydrogens is 532 g/mol. The number of benzene rings is 3. The van der Waals surface area contributed by atoms with E-state index in [-0.39, 0.29) is 11.4 Å². The predicted molar refractivity (Wildman–Crippen MR) is 129 cm³/mol. The van der Waals surface area contributed by atoms with Crippen LogP contribution in [-0.2, 0) is 21.4 Å². The Morgan fingerprint density at radius 3 is 2.42 bits per heavy atom. The molecule has 3 aromatic carbocycles.